The van der Waals surface area contributed by atoms with E-state index in [1.807, 2.05) is 20.8 Å². The van der Waals surface area contributed by atoms with E-state index in [9.17, 15) is 9.90 Å². The molecule has 1 saturated heterocycles. The summed E-state index contributed by atoms with van der Waals surface area (Å²) in [7, 11) is 0. The number of rotatable bonds is 3. The highest BCUT2D eigenvalue weighted by Gasteiger charge is 2.33. The summed E-state index contributed by atoms with van der Waals surface area (Å²) in [6, 6.07) is -0.633. The van der Waals surface area contributed by atoms with Gasteiger partial charge in [0.05, 0.1) is 11.7 Å². The van der Waals surface area contributed by atoms with Crippen LogP contribution in [0.1, 0.15) is 33.6 Å². The van der Waals surface area contributed by atoms with Crippen LogP contribution in [0.4, 0.5) is 0 Å². The monoisotopic (exact) mass is 231 g/mol. The number of carbonyl (C=O) groups is 1. The summed E-state index contributed by atoms with van der Waals surface area (Å²) in [6.45, 7) is 6.66. The highest BCUT2D eigenvalue weighted by atomic mass is 16.5. The van der Waals surface area contributed by atoms with Crippen molar-refractivity contribution in [1.29, 1.82) is 0 Å². The number of ether oxygens (including phenoxy) is 1. The van der Waals surface area contributed by atoms with E-state index in [1.54, 1.807) is 4.90 Å². The van der Waals surface area contributed by atoms with Crippen molar-refractivity contribution in [2.24, 2.45) is 0 Å². The molecule has 16 heavy (non-hydrogen) atoms. The van der Waals surface area contributed by atoms with Gasteiger partial charge in [-0.3, -0.25) is 9.69 Å². The lowest BCUT2D eigenvalue weighted by Gasteiger charge is -2.36. The topological polar surface area (TPSA) is 70.0 Å². The van der Waals surface area contributed by atoms with Gasteiger partial charge >= 0.3 is 5.97 Å². The number of hydrogen-bond donors (Lipinski definition) is 2. The highest BCUT2D eigenvalue weighted by molar-refractivity contribution is 5.73. The third-order valence-corrected chi connectivity index (χ3v) is 2.63. The largest absolute Gasteiger partial charge is 0.480 e. The molecule has 2 atom stereocenters. The fourth-order valence-corrected chi connectivity index (χ4v) is 1.68. The summed E-state index contributed by atoms with van der Waals surface area (Å²) < 4.78 is 5.57. The van der Waals surface area contributed by atoms with E-state index in [1.165, 1.54) is 0 Å². The second kappa shape index (κ2) is 5.12. The molecule has 0 aromatic carbocycles. The first kappa shape index (κ1) is 13.4. The predicted octanol–water partition coefficient (Wildman–Crippen LogP) is 0.669. The normalized spacial score (nSPS) is 28.0. The van der Waals surface area contributed by atoms with Crippen molar-refractivity contribution in [3.63, 3.8) is 0 Å². The van der Waals surface area contributed by atoms with Gasteiger partial charge in [0.2, 0.25) is 0 Å². The van der Waals surface area contributed by atoms with Gasteiger partial charge in [-0.15, -0.1) is 0 Å². The summed E-state index contributed by atoms with van der Waals surface area (Å²) in [5.74, 6) is -0.892. The van der Waals surface area contributed by atoms with Gasteiger partial charge in [0.25, 0.3) is 0 Å². The first-order valence-corrected chi connectivity index (χ1v) is 5.58. The summed E-state index contributed by atoms with van der Waals surface area (Å²) in [5, 5.41) is 18.5. The molecule has 0 saturated carbocycles. The van der Waals surface area contributed by atoms with E-state index in [0.717, 1.165) is 0 Å². The molecule has 1 heterocycles. The second-order valence-electron chi connectivity index (χ2n) is 5.23. The van der Waals surface area contributed by atoms with E-state index in [-0.39, 0.29) is 12.0 Å². The van der Waals surface area contributed by atoms with Crippen molar-refractivity contribution in [2.75, 3.05) is 13.3 Å². The minimum Gasteiger partial charge on any atom is -0.480 e. The molecule has 1 rings (SSSR count). The average molecular weight is 231 g/mol. The van der Waals surface area contributed by atoms with Crippen molar-refractivity contribution >= 4 is 5.97 Å². The van der Waals surface area contributed by atoms with Crippen LogP contribution >= 0.6 is 0 Å². The Morgan fingerprint density at radius 3 is 2.62 bits per heavy atom. The minimum atomic E-state index is -0.892. The molecule has 0 bridgehead atoms. The van der Waals surface area contributed by atoms with Gasteiger partial charge in [-0.05, 0) is 33.6 Å². The Hall–Kier alpha value is -0.650. The number of carboxylic acids is 1. The van der Waals surface area contributed by atoms with Crippen molar-refractivity contribution in [3.05, 3.63) is 0 Å². The molecule has 0 amide bonds. The van der Waals surface area contributed by atoms with Crippen molar-refractivity contribution in [2.45, 2.75) is 51.4 Å². The minimum absolute atomic E-state index is 0.279. The number of carboxylic acid groups (broad SMARTS) is 1. The Kier molecular flexibility index (Phi) is 4.29. The highest BCUT2D eigenvalue weighted by Crippen LogP contribution is 2.19. The molecule has 5 nitrogen and oxygen atoms in total. The van der Waals surface area contributed by atoms with Crippen LogP contribution in [0.5, 0.6) is 0 Å². The molecule has 1 aliphatic heterocycles. The lowest BCUT2D eigenvalue weighted by atomic mass is 10.0. The fraction of sp³-hybridized carbons (Fsp3) is 0.909. The van der Waals surface area contributed by atoms with Crippen LogP contribution in [0.25, 0.3) is 0 Å². The lowest BCUT2D eigenvalue weighted by Crippen LogP contribution is -2.50. The van der Waals surface area contributed by atoms with Crippen LogP contribution in [0, 0.1) is 0 Å². The zero-order valence-corrected chi connectivity index (χ0v) is 10.1. The van der Waals surface area contributed by atoms with Crippen LogP contribution < -0.4 is 0 Å². The van der Waals surface area contributed by atoms with Gasteiger partial charge in [0.15, 0.2) is 0 Å². The zero-order chi connectivity index (χ0) is 12.3. The second-order valence-corrected chi connectivity index (χ2v) is 5.23. The molecule has 1 aliphatic rings. The Balaban J connectivity index is 2.53. The predicted molar refractivity (Wildman–Crippen MR) is 59.1 cm³/mol. The number of aliphatic carboxylic acids is 1. The molecule has 94 valence electrons. The lowest BCUT2D eigenvalue weighted by molar-refractivity contribution is -0.154. The maximum absolute atomic E-state index is 11.0. The molecule has 2 N–H and O–H groups in total. The Morgan fingerprint density at radius 1 is 1.50 bits per heavy atom. The summed E-state index contributed by atoms with van der Waals surface area (Å²) >= 11 is 0. The number of aliphatic hydroxyl groups excluding tert-OH is 1. The Morgan fingerprint density at radius 2 is 2.12 bits per heavy atom. The van der Waals surface area contributed by atoms with Crippen LogP contribution in [0.2, 0.25) is 0 Å². The zero-order valence-electron chi connectivity index (χ0n) is 10.1. The quantitative estimate of drug-likeness (QED) is 0.747. The Labute approximate surface area is 96.0 Å². The average Bonchev–Trinajstić information content (AvgIpc) is 2.14. The third kappa shape index (κ3) is 4.08. The van der Waals surface area contributed by atoms with E-state index < -0.39 is 18.1 Å². The maximum atomic E-state index is 11.0. The number of nitrogens with zero attached hydrogens (tertiary/aromatic N) is 1. The van der Waals surface area contributed by atoms with Gasteiger partial charge in [-0.2, -0.15) is 0 Å². The molecule has 0 aromatic heterocycles. The van der Waals surface area contributed by atoms with E-state index >= 15 is 0 Å². The Bertz CT molecular complexity index is 249. The maximum Gasteiger partial charge on any atom is 0.321 e. The van der Waals surface area contributed by atoms with Crippen LogP contribution in [0.3, 0.4) is 0 Å². The SMILES string of the molecule is CC(C)(C)OCN1CC[C@@H](O)C[C@@H]1C(=O)O. The molecule has 0 spiro atoms. The van der Waals surface area contributed by atoms with E-state index in [0.29, 0.717) is 19.7 Å². The molecule has 1 fully saturated rings. The van der Waals surface area contributed by atoms with E-state index in [2.05, 4.69) is 0 Å². The van der Waals surface area contributed by atoms with Gasteiger partial charge < -0.3 is 14.9 Å². The molecule has 0 aromatic rings. The van der Waals surface area contributed by atoms with Crippen molar-refractivity contribution < 1.29 is 19.7 Å². The molecular formula is C11H21NO4. The van der Waals surface area contributed by atoms with Crippen molar-refractivity contribution in [1.82, 2.24) is 4.90 Å². The molecule has 0 radical (unpaired) electrons. The number of likely N-dealkylation sites (tertiary alicyclic amines) is 1. The number of piperidine rings is 1. The van der Waals surface area contributed by atoms with E-state index in [4.69, 9.17) is 9.84 Å². The number of hydrogen-bond acceptors (Lipinski definition) is 4. The fourth-order valence-electron chi connectivity index (χ4n) is 1.68. The summed E-state index contributed by atoms with van der Waals surface area (Å²) in [6.07, 6.45) is 0.382. The van der Waals surface area contributed by atoms with Gasteiger partial charge in [0, 0.05) is 6.54 Å². The standard InChI is InChI=1S/C11H21NO4/c1-11(2,3)16-7-12-5-4-8(13)6-9(12)10(14)15/h8-9,13H,4-7H2,1-3H3,(H,14,15)/t8-,9-/m1/s1. The van der Waals surface area contributed by atoms with Crippen molar-refractivity contribution in [3.8, 4) is 0 Å². The molecule has 5 heteroatoms. The summed E-state index contributed by atoms with van der Waals surface area (Å²) in [5.41, 5.74) is -0.279. The summed E-state index contributed by atoms with van der Waals surface area (Å²) in [4.78, 5) is 12.8. The first-order chi connectivity index (χ1) is 7.29. The van der Waals surface area contributed by atoms with Crippen LogP contribution in [-0.4, -0.2) is 52.1 Å². The molecular weight excluding hydrogens is 210 g/mol. The number of aliphatic hydroxyl groups is 1. The first-order valence-electron chi connectivity index (χ1n) is 5.58. The van der Waals surface area contributed by atoms with Crippen LogP contribution in [0.15, 0.2) is 0 Å². The smallest absolute Gasteiger partial charge is 0.321 e. The third-order valence-electron chi connectivity index (χ3n) is 2.63. The molecule has 0 unspecified atom stereocenters. The van der Waals surface area contributed by atoms with Gasteiger partial charge in [-0.1, -0.05) is 0 Å². The van der Waals surface area contributed by atoms with Gasteiger partial charge in [0.1, 0.15) is 12.8 Å². The molecule has 0 aliphatic carbocycles. The van der Waals surface area contributed by atoms with Crippen LogP contribution in [-0.2, 0) is 9.53 Å². The van der Waals surface area contributed by atoms with Gasteiger partial charge in [-0.25, -0.2) is 0 Å².